The summed E-state index contributed by atoms with van der Waals surface area (Å²) in [7, 11) is -2.27. The maximum atomic E-state index is 12.2. The van der Waals surface area contributed by atoms with Gasteiger partial charge in [0.1, 0.15) is 11.0 Å². The first-order valence-corrected chi connectivity index (χ1v) is 10.1. The van der Waals surface area contributed by atoms with Gasteiger partial charge in [-0.15, -0.1) is 0 Å². The number of sulfonamides is 1. The van der Waals surface area contributed by atoms with E-state index in [-0.39, 0.29) is 10.5 Å². The van der Waals surface area contributed by atoms with Crippen molar-refractivity contribution in [2.45, 2.75) is 11.4 Å². The van der Waals surface area contributed by atoms with Crippen LogP contribution in [0, 0.1) is 11.3 Å². The van der Waals surface area contributed by atoms with Crippen LogP contribution in [0.2, 0.25) is 0 Å². The number of hydrogen-bond acceptors (Lipinski definition) is 5. The Balaban J connectivity index is 2.07. The molecule has 0 aliphatic heterocycles. The fourth-order valence-corrected chi connectivity index (χ4v) is 3.65. The van der Waals surface area contributed by atoms with Gasteiger partial charge in [0.05, 0.1) is 16.9 Å². The van der Waals surface area contributed by atoms with E-state index in [2.05, 4.69) is 5.32 Å². The summed E-state index contributed by atoms with van der Waals surface area (Å²) in [5.41, 5.74) is 2.98. The van der Waals surface area contributed by atoms with Gasteiger partial charge in [0.2, 0.25) is 10.0 Å². The summed E-state index contributed by atoms with van der Waals surface area (Å²) in [4.78, 5) is 1.63. The van der Waals surface area contributed by atoms with Crippen LogP contribution in [-0.2, 0) is 16.6 Å². The van der Waals surface area contributed by atoms with E-state index < -0.39 is 10.0 Å². The number of nitriles is 1. The summed E-state index contributed by atoms with van der Waals surface area (Å²) in [5.74, 6) is 0. The zero-order chi connectivity index (χ0) is 20.1. The van der Waals surface area contributed by atoms with Gasteiger partial charge in [0.25, 0.3) is 0 Å². The number of hydrogen-bond donors (Lipinski definition) is 2. The molecule has 0 aromatic heterocycles. The van der Waals surface area contributed by atoms with E-state index in [0.717, 1.165) is 11.3 Å². The second-order valence-electron chi connectivity index (χ2n) is 6.26. The Morgan fingerprint density at radius 2 is 1.64 bits per heavy atom. The van der Waals surface area contributed by atoms with E-state index >= 15 is 0 Å². The van der Waals surface area contributed by atoms with Crippen LogP contribution in [0.15, 0.2) is 77.7 Å². The molecule has 0 aliphatic carbocycles. The lowest BCUT2D eigenvalue weighted by atomic mass is 10.1. The van der Waals surface area contributed by atoms with Gasteiger partial charge in [-0.2, -0.15) is 5.26 Å². The molecule has 0 spiro atoms. The van der Waals surface area contributed by atoms with Crippen molar-refractivity contribution < 1.29 is 8.42 Å². The Hall–Kier alpha value is -3.34. The topological polar surface area (TPSA) is 99.2 Å². The molecule has 0 fully saturated rings. The van der Waals surface area contributed by atoms with Gasteiger partial charge in [0, 0.05) is 19.3 Å². The quantitative estimate of drug-likeness (QED) is 0.668. The zero-order valence-corrected chi connectivity index (χ0v) is 16.1. The van der Waals surface area contributed by atoms with Crippen molar-refractivity contribution in [1.82, 2.24) is 0 Å². The molecule has 0 amide bonds. The summed E-state index contributed by atoms with van der Waals surface area (Å²) in [6.45, 7) is 0.499. The van der Waals surface area contributed by atoms with Crippen molar-refractivity contribution in [2.24, 2.45) is 5.14 Å². The molecule has 0 aliphatic rings. The Labute approximate surface area is 164 Å². The van der Waals surface area contributed by atoms with Gasteiger partial charge in [-0.05, 0) is 29.8 Å². The molecule has 7 heteroatoms. The van der Waals surface area contributed by atoms with Crippen molar-refractivity contribution in [3.8, 4) is 6.07 Å². The number of nitrogens with two attached hydrogens (primary N) is 1. The van der Waals surface area contributed by atoms with Crippen LogP contribution in [0.25, 0.3) is 0 Å². The Bertz CT molecular complexity index is 1110. The van der Waals surface area contributed by atoms with E-state index in [1.165, 1.54) is 6.07 Å². The second-order valence-corrected chi connectivity index (χ2v) is 7.79. The molecule has 0 radical (unpaired) electrons. The first kappa shape index (κ1) is 19.4. The van der Waals surface area contributed by atoms with Gasteiger partial charge in [-0.1, -0.05) is 48.5 Å². The smallest absolute Gasteiger partial charge is 0.240 e. The van der Waals surface area contributed by atoms with E-state index in [1.807, 2.05) is 66.7 Å². The summed E-state index contributed by atoms with van der Waals surface area (Å²) in [6.07, 6.45) is 0. The SMILES string of the molecule is CN(c1ccccc1)c1cc(NCc2ccccc2)c(C#N)cc1S(N)(=O)=O. The monoisotopic (exact) mass is 392 g/mol. The van der Waals surface area contributed by atoms with E-state index in [9.17, 15) is 13.7 Å². The van der Waals surface area contributed by atoms with Gasteiger partial charge in [0.15, 0.2) is 0 Å². The molecule has 0 saturated heterocycles. The predicted octanol–water partition coefficient (Wildman–Crippen LogP) is 3.59. The fraction of sp³-hybridized carbons (Fsp3) is 0.0952. The summed E-state index contributed by atoms with van der Waals surface area (Å²) < 4.78 is 24.3. The van der Waals surface area contributed by atoms with Crippen LogP contribution < -0.4 is 15.4 Å². The van der Waals surface area contributed by atoms with Crippen molar-refractivity contribution in [1.29, 1.82) is 5.26 Å². The lowest BCUT2D eigenvalue weighted by Crippen LogP contribution is -2.19. The van der Waals surface area contributed by atoms with Crippen LogP contribution in [0.3, 0.4) is 0 Å². The minimum Gasteiger partial charge on any atom is -0.380 e. The summed E-state index contributed by atoms with van der Waals surface area (Å²) in [6, 6.07) is 24.1. The molecule has 0 unspecified atom stereocenters. The molecule has 142 valence electrons. The molecule has 0 bridgehead atoms. The standard InChI is InChI=1S/C21H20N4O2S/c1-25(18-10-6-3-7-11-18)20-13-19(24-15-16-8-4-2-5-9-16)17(14-22)12-21(20)28(23,26)27/h2-13,24H,15H2,1H3,(H2,23,26,27). The van der Waals surface area contributed by atoms with Crippen molar-refractivity contribution in [3.05, 3.63) is 83.9 Å². The van der Waals surface area contributed by atoms with Gasteiger partial charge in [-0.3, -0.25) is 0 Å². The number of rotatable bonds is 6. The van der Waals surface area contributed by atoms with Crippen LogP contribution in [0.1, 0.15) is 11.1 Å². The molecule has 0 atom stereocenters. The van der Waals surface area contributed by atoms with Crippen molar-refractivity contribution in [3.63, 3.8) is 0 Å². The van der Waals surface area contributed by atoms with E-state index in [1.54, 1.807) is 18.0 Å². The largest absolute Gasteiger partial charge is 0.380 e. The molecular formula is C21H20N4O2S. The average Bonchev–Trinajstić information content (AvgIpc) is 2.71. The number of benzene rings is 3. The minimum atomic E-state index is -4.02. The third-order valence-corrected chi connectivity index (χ3v) is 5.30. The first-order chi connectivity index (χ1) is 13.4. The molecule has 6 nitrogen and oxygen atoms in total. The van der Waals surface area contributed by atoms with Gasteiger partial charge < -0.3 is 10.2 Å². The van der Waals surface area contributed by atoms with Gasteiger partial charge >= 0.3 is 0 Å². The highest BCUT2D eigenvalue weighted by atomic mass is 32.2. The molecule has 0 saturated carbocycles. The number of primary sulfonamides is 1. The highest BCUT2D eigenvalue weighted by Crippen LogP contribution is 2.34. The molecule has 3 aromatic rings. The van der Waals surface area contributed by atoms with Crippen LogP contribution >= 0.6 is 0 Å². The molecular weight excluding hydrogens is 372 g/mol. The molecule has 3 N–H and O–H groups in total. The van der Waals surface area contributed by atoms with Crippen LogP contribution in [-0.4, -0.2) is 15.5 Å². The highest BCUT2D eigenvalue weighted by molar-refractivity contribution is 7.89. The normalized spacial score (nSPS) is 10.9. The van der Waals surface area contributed by atoms with Crippen LogP contribution in [0.5, 0.6) is 0 Å². The van der Waals surface area contributed by atoms with Crippen molar-refractivity contribution in [2.75, 3.05) is 17.3 Å². The minimum absolute atomic E-state index is 0.0966. The Morgan fingerprint density at radius 3 is 2.21 bits per heavy atom. The van der Waals surface area contributed by atoms with Gasteiger partial charge in [-0.25, -0.2) is 13.6 Å². The van der Waals surface area contributed by atoms with Crippen LogP contribution in [0.4, 0.5) is 17.1 Å². The fourth-order valence-electron chi connectivity index (χ4n) is 2.88. The first-order valence-electron chi connectivity index (χ1n) is 8.57. The number of para-hydroxylation sites is 1. The Morgan fingerprint density at radius 1 is 1.04 bits per heavy atom. The average molecular weight is 392 g/mol. The lowest BCUT2D eigenvalue weighted by molar-refractivity contribution is 0.598. The Kier molecular flexibility index (Phi) is 5.64. The molecule has 3 rings (SSSR count). The molecule has 0 heterocycles. The number of nitrogens with zero attached hydrogens (tertiary/aromatic N) is 2. The third-order valence-electron chi connectivity index (χ3n) is 4.36. The summed E-state index contributed by atoms with van der Waals surface area (Å²) >= 11 is 0. The summed E-state index contributed by atoms with van der Waals surface area (Å²) in [5, 5.41) is 18.2. The molecule has 28 heavy (non-hydrogen) atoms. The van der Waals surface area contributed by atoms with E-state index in [4.69, 9.17) is 5.14 Å². The third kappa shape index (κ3) is 4.31. The lowest BCUT2D eigenvalue weighted by Gasteiger charge is -2.23. The van der Waals surface area contributed by atoms with Crippen molar-refractivity contribution >= 4 is 27.1 Å². The number of nitrogens with one attached hydrogen (secondary N) is 1. The second kappa shape index (κ2) is 8.13. The highest BCUT2D eigenvalue weighted by Gasteiger charge is 2.21. The predicted molar refractivity (Wildman–Crippen MR) is 111 cm³/mol. The maximum absolute atomic E-state index is 12.2. The molecule has 3 aromatic carbocycles. The zero-order valence-electron chi connectivity index (χ0n) is 15.3. The maximum Gasteiger partial charge on any atom is 0.240 e. The number of anilines is 3. The van der Waals surface area contributed by atoms with E-state index in [0.29, 0.717) is 17.9 Å².